The Morgan fingerprint density at radius 1 is 1.33 bits per heavy atom. The molecule has 0 bridgehead atoms. The summed E-state index contributed by atoms with van der Waals surface area (Å²) in [5.41, 5.74) is 7.08. The van der Waals surface area contributed by atoms with Crippen LogP contribution in [0.4, 0.5) is 0 Å². The summed E-state index contributed by atoms with van der Waals surface area (Å²) in [5, 5.41) is 0. The predicted molar refractivity (Wildman–Crippen MR) is 83.1 cm³/mol. The van der Waals surface area contributed by atoms with Gasteiger partial charge in [0.1, 0.15) is 0 Å². The lowest BCUT2D eigenvalue weighted by molar-refractivity contribution is 0.396. The van der Waals surface area contributed by atoms with E-state index < -0.39 is 0 Å². The van der Waals surface area contributed by atoms with Crippen LogP contribution in [0.15, 0.2) is 42.6 Å². The summed E-state index contributed by atoms with van der Waals surface area (Å²) in [7, 11) is 1.63. The highest BCUT2D eigenvalue weighted by Gasteiger charge is 2.27. The SMILES string of the molecule is COc1ccc(CC(CC2Cc3ccccc32)NN)cn1. The maximum absolute atomic E-state index is 5.73. The molecule has 0 fully saturated rings. The number of rotatable bonds is 6. The second-order valence-electron chi connectivity index (χ2n) is 5.61. The molecule has 4 nitrogen and oxygen atoms in total. The van der Waals surface area contributed by atoms with Crippen molar-refractivity contribution < 1.29 is 4.74 Å². The van der Waals surface area contributed by atoms with Gasteiger partial charge in [-0.3, -0.25) is 11.3 Å². The summed E-state index contributed by atoms with van der Waals surface area (Å²) in [6.45, 7) is 0. The highest BCUT2D eigenvalue weighted by atomic mass is 16.5. The van der Waals surface area contributed by atoms with E-state index in [4.69, 9.17) is 10.6 Å². The molecule has 0 saturated carbocycles. The molecule has 3 rings (SSSR count). The highest BCUT2D eigenvalue weighted by Crippen LogP contribution is 2.38. The van der Waals surface area contributed by atoms with E-state index in [1.165, 1.54) is 16.7 Å². The first-order valence-electron chi connectivity index (χ1n) is 7.33. The Bertz CT molecular complexity index is 597. The third kappa shape index (κ3) is 3.06. The number of nitrogens with zero attached hydrogens (tertiary/aromatic N) is 1. The summed E-state index contributed by atoms with van der Waals surface area (Å²) in [5.74, 6) is 6.99. The van der Waals surface area contributed by atoms with Gasteiger partial charge in [0.2, 0.25) is 5.88 Å². The smallest absolute Gasteiger partial charge is 0.212 e. The van der Waals surface area contributed by atoms with Crippen LogP contribution in [-0.4, -0.2) is 18.1 Å². The molecule has 0 amide bonds. The van der Waals surface area contributed by atoms with Crippen LogP contribution >= 0.6 is 0 Å². The highest BCUT2D eigenvalue weighted by molar-refractivity contribution is 5.40. The van der Waals surface area contributed by atoms with Crippen molar-refractivity contribution in [3.05, 3.63) is 59.3 Å². The lowest BCUT2D eigenvalue weighted by Gasteiger charge is -2.33. The first-order valence-corrected chi connectivity index (χ1v) is 7.33. The molecule has 4 heteroatoms. The molecule has 0 aliphatic heterocycles. The molecule has 0 radical (unpaired) electrons. The molecule has 0 spiro atoms. The summed E-state index contributed by atoms with van der Waals surface area (Å²) in [6, 6.07) is 12.9. The van der Waals surface area contributed by atoms with Gasteiger partial charge in [-0.15, -0.1) is 0 Å². The van der Waals surface area contributed by atoms with Crippen molar-refractivity contribution in [3.63, 3.8) is 0 Å². The number of hydrogen-bond donors (Lipinski definition) is 2. The molecule has 2 unspecified atom stereocenters. The topological polar surface area (TPSA) is 60.2 Å². The summed E-state index contributed by atoms with van der Waals surface area (Å²) < 4.78 is 5.08. The van der Waals surface area contributed by atoms with Crippen molar-refractivity contribution >= 4 is 0 Å². The third-order valence-electron chi connectivity index (χ3n) is 4.25. The molecule has 110 valence electrons. The van der Waals surface area contributed by atoms with Gasteiger partial charge in [0.15, 0.2) is 0 Å². The fraction of sp³-hybridized carbons (Fsp3) is 0.353. The van der Waals surface area contributed by atoms with Crippen LogP contribution < -0.4 is 16.0 Å². The van der Waals surface area contributed by atoms with E-state index in [0.717, 1.165) is 19.3 Å². The Balaban J connectivity index is 1.61. The standard InChI is InChI=1S/C17H21N3O/c1-21-17-7-6-12(11-19-17)8-15(20-18)10-14-9-13-4-2-3-5-16(13)14/h2-7,11,14-15,20H,8-10,18H2,1H3. The van der Waals surface area contributed by atoms with E-state index in [9.17, 15) is 0 Å². The summed E-state index contributed by atoms with van der Waals surface area (Å²) >= 11 is 0. The molecule has 1 aliphatic carbocycles. The van der Waals surface area contributed by atoms with Gasteiger partial charge in [0, 0.05) is 18.3 Å². The minimum absolute atomic E-state index is 0.263. The van der Waals surface area contributed by atoms with Crippen molar-refractivity contribution in [2.24, 2.45) is 5.84 Å². The zero-order valence-electron chi connectivity index (χ0n) is 12.3. The molecular weight excluding hydrogens is 262 g/mol. The van der Waals surface area contributed by atoms with Crippen molar-refractivity contribution in [1.82, 2.24) is 10.4 Å². The number of hydrogen-bond acceptors (Lipinski definition) is 4. The van der Waals surface area contributed by atoms with Crippen LogP contribution in [0, 0.1) is 0 Å². The van der Waals surface area contributed by atoms with Gasteiger partial charge >= 0.3 is 0 Å². The molecule has 1 heterocycles. The van der Waals surface area contributed by atoms with E-state index >= 15 is 0 Å². The van der Waals surface area contributed by atoms with Crippen molar-refractivity contribution in [1.29, 1.82) is 0 Å². The minimum atomic E-state index is 0.263. The van der Waals surface area contributed by atoms with Gasteiger partial charge in [-0.2, -0.15) is 0 Å². The number of aromatic nitrogens is 1. The Kier molecular flexibility index (Phi) is 4.18. The average molecular weight is 283 g/mol. The van der Waals surface area contributed by atoms with Crippen LogP contribution in [0.2, 0.25) is 0 Å². The van der Waals surface area contributed by atoms with Gasteiger partial charge in [-0.25, -0.2) is 4.98 Å². The number of ether oxygens (including phenoxy) is 1. The minimum Gasteiger partial charge on any atom is -0.481 e. The lowest BCUT2D eigenvalue weighted by Crippen LogP contribution is -2.39. The lowest BCUT2D eigenvalue weighted by atomic mass is 9.74. The zero-order valence-corrected chi connectivity index (χ0v) is 12.3. The van der Waals surface area contributed by atoms with Gasteiger partial charge < -0.3 is 4.74 Å². The van der Waals surface area contributed by atoms with E-state index in [1.807, 2.05) is 18.3 Å². The first-order chi connectivity index (χ1) is 10.3. The normalized spacial score (nSPS) is 17.7. The average Bonchev–Trinajstić information content (AvgIpc) is 2.52. The Morgan fingerprint density at radius 2 is 2.19 bits per heavy atom. The largest absolute Gasteiger partial charge is 0.481 e. The molecule has 0 saturated heterocycles. The molecule has 2 atom stereocenters. The number of nitrogens with one attached hydrogen (secondary N) is 1. The number of hydrazine groups is 1. The Morgan fingerprint density at radius 3 is 2.86 bits per heavy atom. The number of methoxy groups -OCH3 is 1. The summed E-state index contributed by atoms with van der Waals surface area (Å²) in [6.07, 6.45) is 4.96. The second kappa shape index (κ2) is 6.24. The van der Waals surface area contributed by atoms with Gasteiger partial charge in [-0.05, 0) is 41.9 Å². The first kappa shape index (κ1) is 14.0. The van der Waals surface area contributed by atoms with E-state index in [1.54, 1.807) is 7.11 Å². The van der Waals surface area contributed by atoms with Crippen molar-refractivity contribution in [3.8, 4) is 5.88 Å². The number of pyridine rings is 1. The van der Waals surface area contributed by atoms with Gasteiger partial charge in [0.25, 0.3) is 0 Å². The van der Waals surface area contributed by atoms with E-state index in [0.29, 0.717) is 11.8 Å². The molecule has 21 heavy (non-hydrogen) atoms. The quantitative estimate of drug-likeness (QED) is 0.630. The number of benzene rings is 1. The molecule has 1 aliphatic rings. The maximum atomic E-state index is 5.73. The van der Waals surface area contributed by atoms with Crippen LogP contribution in [0.25, 0.3) is 0 Å². The monoisotopic (exact) mass is 283 g/mol. The van der Waals surface area contributed by atoms with Gasteiger partial charge in [-0.1, -0.05) is 30.3 Å². The Labute approximate surface area is 125 Å². The predicted octanol–water partition coefficient (Wildman–Crippen LogP) is 2.19. The van der Waals surface area contributed by atoms with Crippen LogP contribution in [0.3, 0.4) is 0 Å². The molecule has 3 N–H and O–H groups in total. The van der Waals surface area contributed by atoms with E-state index in [-0.39, 0.29) is 6.04 Å². The molecule has 1 aromatic carbocycles. The zero-order chi connectivity index (χ0) is 14.7. The second-order valence-corrected chi connectivity index (χ2v) is 5.61. The fourth-order valence-corrected chi connectivity index (χ4v) is 3.06. The number of nitrogens with two attached hydrogens (primary N) is 1. The summed E-state index contributed by atoms with van der Waals surface area (Å²) in [4.78, 5) is 4.24. The molecule has 2 aromatic rings. The van der Waals surface area contributed by atoms with Crippen LogP contribution in [0.1, 0.15) is 29.0 Å². The maximum Gasteiger partial charge on any atom is 0.212 e. The van der Waals surface area contributed by atoms with Crippen LogP contribution in [0.5, 0.6) is 5.88 Å². The fourth-order valence-electron chi connectivity index (χ4n) is 3.06. The van der Waals surface area contributed by atoms with Crippen molar-refractivity contribution in [2.45, 2.75) is 31.2 Å². The number of fused-ring (bicyclic) bond motifs is 1. The molecule has 1 aromatic heterocycles. The van der Waals surface area contributed by atoms with Gasteiger partial charge in [0.05, 0.1) is 7.11 Å². The van der Waals surface area contributed by atoms with Crippen LogP contribution in [-0.2, 0) is 12.8 Å². The third-order valence-corrected chi connectivity index (χ3v) is 4.25. The van der Waals surface area contributed by atoms with Crippen molar-refractivity contribution in [2.75, 3.05) is 7.11 Å². The Hall–Kier alpha value is -1.91. The van der Waals surface area contributed by atoms with E-state index in [2.05, 4.69) is 34.7 Å². The molecular formula is C17H21N3O.